The van der Waals surface area contributed by atoms with Crippen LogP contribution < -0.4 is 10.2 Å². The number of hydrogen-bond acceptors (Lipinski definition) is 4. The summed E-state index contributed by atoms with van der Waals surface area (Å²) in [6, 6.07) is 11.7. The molecule has 0 bridgehead atoms. The van der Waals surface area contributed by atoms with Crippen molar-refractivity contribution in [1.82, 2.24) is 4.31 Å². The molecule has 1 N–H and O–H groups in total. The molecule has 1 heterocycles. The molecule has 2 aromatic carbocycles. The molecule has 0 aromatic heterocycles. The van der Waals surface area contributed by atoms with E-state index in [1.807, 2.05) is 26.0 Å². The van der Waals surface area contributed by atoms with Gasteiger partial charge in [-0.1, -0.05) is 31.5 Å². The highest BCUT2D eigenvalue weighted by Crippen LogP contribution is 2.32. The minimum Gasteiger partial charge on any atom is -0.370 e. The van der Waals surface area contributed by atoms with Crippen LogP contribution in [0.4, 0.5) is 11.4 Å². The fraction of sp³-hybridized carbons (Fsp3) is 0.435. The number of halogens is 1. The Morgan fingerprint density at radius 3 is 2.39 bits per heavy atom. The first kappa shape index (κ1) is 23.6. The molecule has 2 aromatic rings. The van der Waals surface area contributed by atoms with Crippen LogP contribution in [0.2, 0.25) is 5.02 Å². The number of sulfonamides is 1. The molecule has 0 atom stereocenters. The molecule has 0 spiro atoms. The van der Waals surface area contributed by atoms with Gasteiger partial charge in [-0.3, -0.25) is 4.79 Å². The maximum absolute atomic E-state index is 13.1. The number of anilines is 2. The van der Waals surface area contributed by atoms with Crippen molar-refractivity contribution in [2.45, 2.75) is 44.4 Å². The van der Waals surface area contributed by atoms with E-state index in [0.29, 0.717) is 29.4 Å². The molecule has 8 heteroatoms. The zero-order chi connectivity index (χ0) is 22.4. The smallest absolute Gasteiger partial charge is 0.255 e. The Morgan fingerprint density at radius 2 is 1.74 bits per heavy atom. The van der Waals surface area contributed by atoms with Gasteiger partial charge >= 0.3 is 0 Å². The lowest BCUT2D eigenvalue weighted by atomic mass is 10.2. The second-order valence-electron chi connectivity index (χ2n) is 7.74. The maximum atomic E-state index is 13.1. The van der Waals surface area contributed by atoms with Crippen LogP contribution in [-0.4, -0.2) is 44.8 Å². The topological polar surface area (TPSA) is 69.7 Å². The third kappa shape index (κ3) is 5.59. The highest BCUT2D eigenvalue weighted by atomic mass is 35.5. The molecule has 6 nitrogen and oxygen atoms in total. The normalized spacial score (nSPS) is 14.3. The molecule has 1 aliphatic heterocycles. The molecule has 3 rings (SSSR count). The number of carbonyl (C=O) groups excluding carboxylic acids is 1. The van der Waals surface area contributed by atoms with Crippen LogP contribution >= 0.6 is 11.6 Å². The van der Waals surface area contributed by atoms with Gasteiger partial charge in [0.05, 0.1) is 16.3 Å². The molecule has 1 saturated heterocycles. The van der Waals surface area contributed by atoms with Crippen molar-refractivity contribution in [3.63, 3.8) is 0 Å². The van der Waals surface area contributed by atoms with E-state index >= 15 is 0 Å². The minimum atomic E-state index is -3.66. The highest BCUT2D eigenvalue weighted by molar-refractivity contribution is 7.89. The number of carbonyl (C=O) groups is 1. The summed E-state index contributed by atoms with van der Waals surface area (Å²) in [6.07, 6.45) is 3.69. The number of benzene rings is 2. The Morgan fingerprint density at radius 1 is 1.06 bits per heavy atom. The summed E-state index contributed by atoms with van der Waals surface area (Å²) < 4.78 is 27.7. The predicted octanol–water partition coefficient (Wildman–Crippen LogP) is 5.00. The van der Waals surface area contributed by atoms with Gasteiger partial charge in [-0.05, 0) is 62.1 Å². The van der Waals surface area contributed by atoms with E-state index in [4.69, 9.17) is 11.6 Å². The lowest BCUT2D eigenvalue weighted by Gasteiger charge is -2.22. The van der Waals surface area contributed by atoms with E-state index in [1.54, 1.807) is 24.3 Å². The number of amides is 1. The third-order valence-electron chi connectivity index (χ3n) is 5.33. The minimum absolute atomic E-state index is 0.132. The van der Waals surface area contributed by atoms with Crippen molar-refractivity contribution in [2.75, 3.05) is 36.4 Å². The molecule has 1 fully saturated rings. The molecular weight excluding hydrogens is 434 g/mol. The average Bonchev–Trinajstić information content (AvgIpc) is 3.28. The summed E-state index contributed by atoms with van der Waals surface area (Å²) in [4.78, 5) is 15.4. The van der Waals surface area contributed by atoms with Gasteiger partial charge in [0.2, 0.25) is 10.0 Å². The molecule has 0 unspecified atom stereocenters. The van der Waals surface area contributed by atoms with Crippen LogP contribution in [0.1, 0.15) is 49.9 Å². The average molecular weight is 464 g/mol. The number of hydrogen-bond donors (Lipinski definition) is 1. The van der Waals surface area contributed by atoms with Crippen LogP contribution in [-0.2, 0) is 10.0 Å². The molecule has 168 valence electrons. The summed E-state index contributed by atoms with van der Waals surface area (Å²) >= 11 is 6.18. The van der Waals surface area contributed by atoms with Gasteiger partial charge in [0.15, 0.2) is 0 Å². The van der Waals surface area contributed by atoms with E-state index in [0.717, 1.165) is 44.5 Å². The lowest BCUT2D eigenvalue weighted by Crippen LogP contribution is -2.32. The molecule has 31 heavy (non-hydrogen) atoms. The van der Waals surface area contributed by atoms with E-state index in [2.05, 4.69) is 10.2 Å². The molecule has 0 radical (unpaired) electrons. The first-order valence-electron chi connectivity index (χ1n) is 10.8. The first-order valence-corrected chi connectivity index (χ1v) is 12.6. The monoisotopic (exact) mass is 463 g/mol. The van der Waals surface area contributed by atoms with E-state index < -0.39 is 10.0 Å². The van der Waals surface area contributed by atoms with E-state index in [9.17, 15) is 13.2 Å². The van der Waals surface area contributed by atoms with Crippen molar-refractivity contribution in [2.24, 2.45) is 0 Å². The summed E-state index contributed by atoms with van der Waals surface area (Å²) in [5.74, 6) is -0.364. The van der Waals surface area contributed by atoms with Gasteiger partial charge in [-0.2, -0.15) is 4.31 Å². The van der Waals surface area contributed by atoms with Crippen LogP contribution in [0.25, 0.3) is 0 Å². The Balaban J connectivity index is 1.87. The first-order chi connectivity index (χ1) is 14.9. The zero-order valence-corrected chi connectivity index (χ0v) is 19.7. The highest BCUT2D eigenvalue weighted by Gasteiger charge is 2.24. The van der Waals surface area contributed by atoms with Gasteiger partial charge in [0, 0.05) is 36.8 Å². The van der Waals surface area contributed by atoms with Crippen LogP contribution in [0.5, 0.6) is 0 Å². The van der Waals surface area contributed by atoms with Gasteiger partial charge in [-0.15, -0.1) is 0 Å². The molecule has 0 saturated carbocycles. The number of rotatable bonds is 9. The maximum Gasteiger partial charge on any atom is 0.255 e. The Bertz CT molecular complexity index is 1010. The van der Waals surface area contributed by atoms with Crippen molar-refractivity contribution >= 4 is 38.9 Å². The van der Waals surface area contributed by atoms with Gasteiger partial charge in [0.1, 0.15) is 0 Å². The third-order valence-corrected chi connectivity index (χ3v) is 7.46. The van der Waals surface area contributed by atoms with Crippen molar-refractivity contribution in [1.29, 1.82) is 0 Å². The standard InChI is InChI=1S/C23H30ClN3O3S/c1-3-12-27(13-4-2)31(29,30)20-9-7-8-18(16-20)23(28)25-21-17-19(24)10-11-22(21)26-14-5-6-15-26/h7-11,16-17H,3-6,12-15H2,1-2H3,(H,25,28). The number of nitrogens with zero attached hydrogens (tertiary/aromatic N) is 2. The molecule has 1 amide bonds. The summed E-state index contributed by atoms with van der Waals surface area (Å²) in [6.45, 7) is 6.67. The lowest BCUT2D eigenvalue weighted by molar-refractivity contribution is 0.102. The SMILES string of the molecule is CCCN(CCC)S(=O)(=O)c1cccc(C(=O)Nc2cc(Cl)ccc2N2CCCC2)c1. The van der Waals surface area contributed by atoms with Crippen molar-refractivity contribution in [3.05, 3.63) is 53.1 Å². The van der Waals surface area contributed by atoms with E-state index in [-0.39, 0.29) is 10.8 Å². The number of nitrogens with one attached hydrogen (secondary N) is 1. The summed E-state index contributed by atoms with van der Waals surface area (Å²) in [5, 5.41) is 3.46. The van der Waals surface area contributed by atoms with Crippen LogP contribution in [0.3, 0.4) is 0 Å². The van der Waals surface area contributed by atoms with E-state index in [1.165, 1.54) is 10.4 Å². The zero-order valence-electron chi connectivity index (χ0n) is 18.1. The Kier molecular flexibility index (Phi) is 7.97. The summed E-state index contributed by atoms with van der Waals surface area (Å²) in [5.41, 5.74) is 1.85. The molecular formula is C23H30ClN3O3S. The van der Waals surface area contributed by atoms with Gasteiger partial charge in [-0.25, -0.2) is 8.42 Å². The van der Waals surface area contributed by atoms with Crippen LogP contribution in [0.15, 0.2) is 47.4 Å². The summed E-state index contributed by atoms with van der Waals surface area (Å²) in [7, 11) is -3.66. The Hall–Kier alpha value is -2.09. The second-order valence-corrected chi connectivity index (χ2v) is 10.1. The largest absolute Gasteiger partial charge is 0.370 e. The van der Waals surface area contributed by atoms with Gasteiger partial charge < -0.3 is 10.2 Å². The van der Waals surface area contributed by atoms with Crippen LogP contribution in [0, 0.1) is 0 Å². The fourth-order valence-corrected chi connectivity index (χ4v) is 5.68. The quantitative estimate of drug-likeness (QED) is 0.567. The van der Waals surface area contributed by atoms with Crippen molar-refractivity contribution in [3.8, 4) is 0 Å². The fourth-order valence-electron chi connectivity index (χ4n) is 3.83. The Labute approximate surface area is 190 Å². The molecule has 1 aliphatic rings. The second kappa shape index (κ2) is 10.5. The van der Waals surface area contributed by atoms with Crippen molar-refractivity contribution < 1.29 is 13.2 Å². The predicted molar refractivity (Wildman–Crippen MR) is 127 cm³/mol. The van der Waals surface area contributed by atoms with Gasteiger partial charge in [0.25, 0.3) is 5.91 Å². The molecule has 0 aliphatic carbocycles.